The van der Waals surface area contributed by atoms with Crippen LogP contribution >= 0.6 is 0 Å². The minimum atomic E-state index is 0.647. The average molecular weight is 231 g/mol. The van der Waals surface area contributed by atoms with E-state index in [1.54, 1.807) is 0 Å². The molecule has 0 unspecified atom stereocenters. The first-order valence-electron chi connectivity index (χ1n) is 6.59. The maximum atomic E-state index is 3.67. The Labute approximate surface area is 103 Å². The zero-order valence-corrected chi connectivity index (χ0v) is 10.5. The molecule has 1 saturated heterocycles. The van der Waals surface area contributed by atoms with Crippen LogP contribution in [-0.4, -0.2) is 31.1 Å². The second-order valence-electron chi connectivity index (χ2n) is 5.32. The SMILES string of the molecule is CN1Cc2ccc(NC3CCNCC3)cc2C1. The zero-order chi connectivity index (χ0) is 11.7. The van der Waals surface area contributed by atoms with E-state index in [-0.39, 0.29) is 0 Å². The van der Waals surface area contributed by atoms with Gasteiger partial charge in [0.25, 0.3) is 0 Å². The van der Waals surface area contributed by atoms with Gasteiger partial charge in [-0.25, -0.2) is 0 Å². The normalized spacial score (nSPS) is 21.5. The molecule has 1 fully saturated rings. The lowest BCUT2D eigenvalue weighted by Gasteiger charge is -2.24. The molecule has 3 rings (SSSR count). The molecule has 3 heteroatoms. The lowest BCUT2D eigenvalue weighted by Crippen LogP contribution is -2.35. The Bertz CT molecular complexity index is 396. The van der Waals surface area contributed by atoms with Crippen LogP contribution in [0.4, 0.5) is 5.69 Å². The molecule has 0 saturated carbocycles. The summed E-state index contributed by atoms with van der Waals surface area (Å²) in [5.41, 5.74) is 4.28. The van der Waals surface area contributed by atoms with Crippen molar-refractivity contribution < 1.29 is 0 Å². The molecule has 0 radical (unpaired) electrons. The molecule has 92 valence electrons. The predicted molar refractivity (Wildman–Crippen MR) is 71.1 cm³/mol. The van der Waals surface area contributed by atoms with Crippen molar-refractivity contribution in [2.45, 2.75) is 32.0 Å². The summed E-state index contributed by atoms with van der Waals surface area (Å²) in [5.74, 6) is 0. The van der Waals surface area contributed by atoms with E-state index in [4.69, 9.17) is 0 Å². The molecule has 0 amide bonds. The fraction of sp³-hybridized carbons (Fsp3) is 0.571. The first-order valence-corrected chi connectivity index (χ1v) is 6.59. The van der Waals surface area contributed by atoms with Gasteiger partial charge in [-0.05, 0) is 56.2 Å². The Balaban J connectivity index is 1.69. The van der Waals surface area contributed by atoms with Crippen LogP contribution in [0.5, 0.6) is 0 Å². The van der Waals surface area contributed by atoms with Gasteiger partial charge >= 0.3 is 0 Å². The number of benzene rings is 1. The van der Waals surface area contributed by atoms with Crippen molar-refractivity contribution >= 4 is 5.69 Å². The molecule has 3 nitrogen and oxygen atoms in total. The molecule has 17 heavy (non-hydrogen) atoms. The van der Waals surface area contributed by atoms with E-state index in [1.807, 2.05) is 0 Å². The summed E-state index contributed by atoms with van der Waals surface area (Å²) in [6, 6.07) is 7.50. The number of hydrogen-bond acceptors (Lipinski definition) is 3. The summed E-state index contributed by atoms with van der Waals surface area (Å²) in [6.07, 6.45) is 2.47. The third kappa shape index (κ3) is 2.45. The number of piperidine rings is 1. The lowest BCUT2D eigenvalue weighted by atomic mass is 10.1. The molecule has 2 N–H and O–H groups in total. The first kappa shape index (κ1) is 11.1. The summed E-state index contributed by atoms with van der Waals surface area (Å²) in [7, 11) is 2.18. The van der Waals surface area contributed by atoms with Crippen molar-refractivity contribution in [2.75, 3.05) is 25.5 Å². The monoisotopic (exact) mass is 231 g/mol. The van der Waals surface area contributed by atoms with Gasteiger partial charge in [0.1, 0.15) is 0 Å². The maximum absolute atomic E-state index is 3.67. The number of hydrogen-bond donors (Lipinski definition) is 2. The van der Waals surface area contributed by atoms with E-state index in [0.717, 1.165) is 26.2 Å². The Hall–Kier alpha value is -1.06. The summed E-state index contributed by atoms with van der Waals surface area (Å²) >= 11 is 0. The number of rotatable bonds is 2. The Morgan fingerprint density at radius 3 is 2.76 bits per heavy atom. The standard InChI is InChI=1S/C14H21N3/c1-17-9-11-2-3-14(8-12(11)10-17)16-13-4-6-15-7-5-13/h2-3,8,13,15-16H,4-7,9-10H2,1H3. The van der Waals surface area contributed by atoms with Crippen molar-refractivity contribution in [3.63, 3.8) is 0 Å². The van der Waals surface area contributed by atoms with Crippen molar-refractivity contribution in [3.05, 3.63) is 29.3 Å². The number of anilines is 1. The highest BCUT2D eigenvalue weighted by Gasteiger charge is 2.17. The van der Waals surface area contributed by atoms with Crippen LogP contribution < -0.4 is 10.6 Å². The van der Waals surface area contributed by atoms with Crippen LogP contribution in [0.25, 0.3) is 0 Å². The molecule has 0 aromatic heterocycles. The fourth-order valence-electron chi connectivity index (χ4n) is 2.86. The number of fused-ring (bicyclic) bond motifs is 1. The van der Waals surface area contributed by atoms with Gasteiger partial charge in [0.05, 0.1) is 0 Å². The minimum absolute atomic E-state index is 0.647. The van der Waals surface area contributed by atoms with Crippen LogP contribution in [0.3, 0.4) is 0 Å². The Morgan fingerprint density at radius 1 is 1.18 bits per heavy atom. The van der Waals surface area contributed by atoms with Crippen molar-refractivity contribution in [3.8, 4) is 0 Å². The first-order chi connectivity index (χ1) is 8.31. The average Bonchev–Trinajstić information content (AvgIpc) is 2.70. The number of nitrogens with zero attached hydrogens (tertiary/aromatic N) is 1. The molecular weight excluding hydrogens is 210 g/mol. The minimum Gasteiger partial charge on any atom is -0.382 e. The zero-order valence-electron chi connectivity index (χ0n) is 10.5. The molecule has 0 atom stereocenters. The van der Waals surface area contributed by atoms with Crippen molar-refractivity contribution in [1.82, 2.24) is 10.2 Å². The van der Waals surface area contributed by atoms with E-state index < -0.39 is 0 Å². The van der Waals surface area contributed by atoms with E-state index in [0.29, 0.717) is 6.04 Å². The second-order valence-corrected chi connectivity index (χ2v) is 5.32. The molecule has 2 aliphatic rings. The third-order valence-electron chi connectivity index (χ3n) is 3.80. The van der Waals surface area contributed by atoms with Crippen molar-refractivity contribution in [1.29, 1.82) is 0 Å². The maximum Gasteiger partial charge on any atom is 0.0345 e. The van der Waals surface area contributed by atoms with E-state index in [2.05, 4.69) is 40.8 Å². The largest absolute Gasteiger partial charge is 0.382 e. The summed E-state index contributed by atoms with van der Waals surface area (Å²) < 4.78 is 0. The molecule has 2 heterocycles. The van der Waals surface area contributed by atoms with Gasteiger partial charge in [-0.3, -0.25) is 4.90 Å². The Morgan fingerprint density at radius 2 is 1.94 bits per heavy atom. The third-order valence-corrected chi connectivity index (χ3v) is 3.80. The lowest BCUT2D eigenvalue weighted by molar-refractivity contribution is 0.353. The fourth-order valence-corrected chi connectivity index (χ4v) is 2.86. The van der Waals surface area contributed by atoms with Gasteiger partial charge in [-0.1, -0.05) is 6.07 Å². The topological polar surface area (TPSA) is 27.3 Å². The van der Waals surface area contributed by atoms with Crippen LogP contribution in [-0.2, 0) is 13.1 Å². The molecule has 2 aliphatic heterocycles. The van der Waals surface area contributed by atoms with Crippen molar-refractivity contribution in [2.24, 2.45) is 0 Å². The van der Waals surface area contributed by atoms with Gasteiger partial charge in [0.15, 0.2) is 0 Å². The smallest absolute Gasteiger partial charge is 0.0345 e. The quantitative estimate of drug-likeness (QED) is 0.812. The second kappa shape index (κ2) is 4.67. The molecule has 0 aliphatic carbocycles. The summed E-state index contributed by atoms with van der Waals surface area (Å²) in [6.45, 7) is 4.48. The molecule has 1 aromatic carbocycles. The molecule has 1 aromatic rings. The predicted octanol–water partition coefficient (Wildman–Crippen LogP) is 1.80. The number of nitrogens with one attached hydrogen (secondary N) is 2. The summed E-state index contributed by atoms with van der Waals surface area (Å²) in [5, 5.41) is 7.07. The van der Waals surface area contributed by atoms with Crippen LogP contribution in [0, 0.1) is 0 Å². The highest BCUT2D eigenvalue weighted by molar-refractivity contribution is 5.50. The van der Waals surface area contributed by atoms with Gasteiger partial charge in [0, 0.05) is 24.8 Å². The van der Waals surface area contributed by atoms with E-state index >= 15 is 0 Å². The van der Waals surface area contributed by atoms with E-state index in [1.165, 1.54) is 29.7 Å². The van der Waals surface area contributed by atoms with Gasteiger partial charge in [0.2, 0.25) is 0 Å². The molecule has 0 spiro atoms. The van der Waals surface area contributed by atoms with Crippen LogP contribution in [0.15, 0.2) is 18.2 Å². The van der Waals surface area contributed by atoms with Gasteiger partial charge in [-0.2, -0.15) is 0 Å². The van der Waals surface area contributed by atoms with Gasteiger partial charge < -0.3 is 10.6 Å². The molecular formula is C14H21N3. The highest BCUT2D eigenvalue weighted by atomic mass is 15.1. The highest BCUT2D eigenvalue weighted by Crippen LogP contribution is 2.25. The molecule has 0 bridgehead atoms. The summed E-state index contributed by atoms with van der Waals surface area (Å²) in [4.78, 5) is 2.36. The Kier molecular flexibility index (Phi) is 3.04. The van der Waals surface area contributed by atoms with Crippen LogP contribution in [0.2, 0.25) is 0 Å². The van der Waals surface area contributed by atoms with E-state index in [9.17, 15) is 0 Å². The van der Waals surface area contributed by atoms with Gasteiger partial charge in [-0.15, -0.1) is 0 Å². The van der Waals surface area contributed by atoms with Crippen LogP contribution in [0.1, 0.15) is 24.0 Å².